The van der Waals surface area contributed by atoms with E-state index in [0.717, 1.165) is 0 Å². The molecule has 2 heteroatoms. The number of rotatable bonds is 21. The van der Waals surface area contributed by atoms with E-state index in [1.165, 1.54) is 129 Å². The van der Waals surface area contributed by atoms with E-state index in [-0.39, 0.29) is 0 Å². The monoisotopic (exact) mass is 340 g/mol. The Balaban J connectivity index is 2.93. The van der Waals surface area contributed by atoms with Crippen molar-refractivity contribution in [3.63, 3.8) is 0 Å². The maximum atomic E-state index is 3.58. The Morgan fingerprint density at radius 1 is 0.333 bits per heavy atom. The van der Waals surface area contributed by atoms with Gasteiger partial charge in [-0.25, -0.2) is 0 Å². The van der Waals surface area contributed by atoms with Crippen molar-refractivity contribution in [2.45, 2.75) is 117 Å². The third kappa shape index (κ3) is 21.9. The molecule has 0 radical (unpaired) electrons. The summed E-state index contributed by atoms with van der Waals surface area (Å²) in [6.07, 6.45) is 22.4. The molecule has 0 amide bonds. The molecule has 0 aliphatic rings. The molecule has 2 nitrogen and oxygen atoms in total. The number of nitrogens with one attached hydrogen (secondary N) is 2. The van der Waals surface area contributed by atoms with Crippen LogP contribution in [-0.2, 0) is 0 Å². The van der Waals surface area contributed by atoms with E-state index in [2.05, 4.69) is 24.5 Å². The van der Waals surface area contributed by atoms with Crippen molar-refractivity contribution < 1.29 is 0 Å². The summed E-state index contributed by atoms with van der Waals surface area (Å²) in [6.45, 7) is 9.48. The molecular formula is C22H48N2. The van der Waals surface area contributed by atoms with Crippen molar-refractivity contribution in [3.8, 4) is 0 Å². The van der Waals surface area contributed by atoms with Crippen LogP contribution in [0.1, 0.15) is 117 Å². The molecule has 0 bridgehead atoms. The Kier molecular flexibility index (Phi) is 22.8. The van der Waals surface area contributed by atoms with Crippen molar-refractivity contribution in [1.82, 2.24) is 10.6 Å². The number of unbranched alkanes of at least 4 members (excludes halogenated alkanes) is 13. The second-order valence-corrected chi connectivity index (χ2v) is 7.45. The fourth-order valence-electron chi connectivity index (χ4n) is 3.16. The molecule has 0 aromatic rings. The maximum Gasteiger partial charge on any atom is -0.00489 e. The SMILES string of the molecule is CCCCCCNCCCCCCCCCCNCCCCCC. The molecule has 0 rings (SSSR count). The second kappa shape index (κ2) is 22.9. The topological polar surface area (TPSA) is 24.1 Å². The first-order valence-electron chi connectivity index (χ1n) is 11.3. The predicted molar refractivity (Wildman–Crippen MR) is 111 cm³/mol. The van der Waals surface area contributed by atoms with Crippen LogP contribution in [-0.4, -0.2) is 26.2 Å². The molecule has 0 heterocycles. The molecule has 0 aromatic carbocycles. The van der Waals surface area contributed by atoms with Crippen LogP contribution in [0.4, 0.5) is 0 Å². The van der Waals surface area contributed by atoms with E-state index in [0.29, 0.717) is 0 Å². The lowest BCUT2D eigenvalue weighted by atomic mass is 10.1. The van der Waals surface area contributed by atoms with Crippen molar-refractivity contribution in [3.05, 3.63) is 0 Å². The highest BCUT2D eigenvalue weighted by Gasteiger charge is 1.94. The van der Waals surface area contributed by atoms with Crippen molar-refractivity contribution in [2.24, 2.45) is 0 Å². The lowest BCUT2D eigenvalue weighted by molar-refractivity contribution is 0.529. The summed E-state index contributed by atoms with van der Waals surface area (Å²) in [5, 5.41) is 7.17. The summed E-state index contributed by atoms with van der Waals surface area (Å²) in [5.74, 6) is 0. The minimum absolute atomic E-state index is 1.23. The van der Waals surface area contributed by atoms with Gasteiger partial charge in [0.15, 0.2) is 0 Å². The molecule has 0 aliphatic carbocycles. The van der Waals surface area contributed by atoms with Gasteiger partial charge in [-0.2, -0.15) is 0 Å². The minimum atomic E-state index is 1.23. The molecule has 0 spiro atoms. The normalized spacial score (nSPS) is 11.2. The third-order valence-corrected chi connectivity index (χ3v) is 4.87. The van der Waals surface area contributed by atoms with Gasteiger partial charge in [-0.15, -0.1) is 0 Å². The predicted octanol–water partition coefficient (Wildman–Crippen LogP) is 6.45. The van der Waals surface area contributed by atoms with Gasteiger partial charge in [-0.1, -0.05) is 90.9 Å². The molecule has 0 aliphatic heterocycles. The maximum absolute atomic E-state index is 3.58. The van der Waals surface area contributed by atoms with E-state index >= 15 is 0 Å². The van der Waals surface area contributed by atoms with Gasteiger partial charge in [-0.05, 0) is 51.9 Å². The van der Waals surface area contributed by atoms with Crippen LogP contribution in [0.2, 0.25) is 0 Å². The van der Waals surface area contributed by atoms with Gasteiger partial charge >= 0.3 is 0 Å². The van der Waals surface area contributed by atoms with Crippen LogP contribution in [0.15, 0.2) is 0 Å². The second-order valence-electron chi connectivity index (χ2n) is 7.45. The van der Waals surface area contributed by atoms with Crippen LogP contribution >= 0.6 is 0 Å². The summed E-state index contributed by atoms with van der Waals surface area (Å²) in [7, 11) is 0. The highest BCUT2D eigenvalue weighted by atomic mass is 14.8. The first kappa shape index (κ1) is 23.9. The van der Waals surface area contributed by atoms with E-state index in [4.69, 9.17) is 0 Å². The van der Waals surface area contributed by atoms with Gasteiger partial charge in [0.1, 0.15) is 0 Å². The Bertz CT molecular complexity index is 184. The van der Waals surface area contributed by atoms with Gasteiger partial charge in [0.05, 0.1) is 0 Å². The van der Waals surface area contributed by atoms with E-state index in [1.54, 1.807) is 0 Å². The standard InChI is InChI=1S/C22H48N2/c1-3-5-7-15-19-23-21-17-13-11-9-10-12-14-18-22-24-20-16-8-6-4-2/h23-24H,3-22H2,1-2H3. The average molecular weight is 341 g/mol. The fourth-order valence-corrected chi connectivity index (χ4v) is 3.16. The van der Waals surface area contributed by atoms with Gasteiger partial charge in [0.25, 0.3) is 0 Å². The molecule has 2 N–H and O–H groups in total. The molecule has 0 atom stereocenters. The Morgan fingerprint density at radius 2 is 0.583 bits per heavy atom. The highest BCUT2D eigenvalue weighted by molar-refractivity contribution is 4.53. The smallest absolute Gasteiger partial charge is 0.00489 e. The van der Waals surface area contributed by atoms with Crippen LogP contribution in [0, 0.1) is 0 Å². The first-order chi connectivity index (χ1) is 11.9. The van der Waals surface area contributed by atoms with Gasteiger partial charge in [0, 0.05) is 0 Å². The molecule has 0 saturated carbocycles. The highest BCUT2D eigenvalue weighted by Crippen LogP contribution is 2.08. The molecule has 146 valence electrons. The zero-order valence-corrected chi connectivity index (χ0v) is 17.1. The lowest BCUT2D eigenvalue weighted by Crippen LogP contribution is -2.16. The first-order valence-corrected chi connectivity index (χ1v) is 11.3. The quantitative estimate of drug-likeness (QED) is 0.235. The van der Waals surface area contributed by atoms with Gasteiger partial charge < -0.3 is 10.6 Å². The van der Waals surface area contributed by atoms with Gasteiger partial charge in [0.2, 0.25) is 0 Å². The summed E-state index contributed by atoms with van der Waals surface area (Å²) in [6, 6.07) is 0. The van der Waals surface area contributed by atoms with Gasteiger partial charge in [-0.3, -0.25) is 0 Å². The zero-order chi connectivity index (χ0) is 17.6. The molecule has 24 heavy (non-hydrogen) atoms. The summed E-state index contributed by atoms with van der Waals surface area (Å²) in [5.41, 5.74) is 0. The van der Waals surface area contributed by atoms with Crippen molar-refractivity contribution in [2.75, 3.05) is 26.2 Å². The minimum Gasteiger partial charge on any atom is -0.317 e. The van der Waals surface area contributed by atoms with Crippen LogP contribution in [0.25, 0.3) is 0 Å². The van der Waals surface area contributed by atoms with E-state index < -0.39 is 0 Å². The van der Waals surface area contributed by atoms with Crippen molar-refractivity contribution >= 4 is 0 Å². The molecule has 0 aromatic heterocycles. The third-order valence-electron chi connectivity index (χ3n) is 4.87. The van der Waals surface area contributed by atoms with Crippen molar-refractivity contribution in [1.29, 1.82) is 0 Å². The molecule has 0 saturated heterocycles. The largest absolute Gasteiger partial charge is 0.317 e. The zero-order valence-electron chi connectivity index (χ0n) is 17.1. The van der Waals surface area contributed by atoms with E-state index in [1.807, 2.05) is 0 Å². The van der Waals surface area contributed by atoms with Crippen LogP contribution in [0.3, 0.4) is 0 Å². The Hall–Kier alpha value is -0.0800. The summed E-state index contributed by atoms with van der Waals surface area (Å²) in [4.78, 5) is 0. The number of hydrogen-bond acceptors (Lipinski definition) is 2. The lowest BCUT2D eigenvalue weighted by Gasteiger charge is -2.06. The fraction of sp³-hybridized carbons (Fsp3) is 1.00. The molecule has 0 unspecified atom stereocenters. The Labute approximate surface area is 154 Å². The average Bonchev–Trinajstić information content (AvgIpc) is 2.60. The molecule has 0 fully saturated rings. The van der Waals surface area contributed by atoms with Crippen LogP contribution in [0.5, 0.6) is 0 Å². The van der Waals surface area contributed by atoms with E-state index in [9.17, 15) is 0 Å². The summed E-state index contributed by atoms with van der Waals surface area (Å²) >= 11 is 0. The summed E-state index contributed by atoms with van der Waals surface area (Å²) < 4.78 is 0. The number of hydrogen-bond donors (Lipinski definition) is 2. The Morgan fingerprint density at radius 3 is 0.875 bits per heavy atom. The molecular weight excluding hydrogens is 292 g/mol. The van der Waals surface area contributed by atoms with Crippen LogP contribution < -0.4 is 10.6 Å².